The first kappa shape index (κ1) is 32.1. The van der Waals surface area contributed by atoms with Gasteiger partial charge < -0.3 is 20.2 Å². The Labute approximate surface area is 232 Å². The number of nitrogens with one attached hydrogen (secondary N) is 2. The summed E-state index contributed by atoms with van der Waals surface area (Å²) in [6, 6.07) is 9.71. The summed E-state index contributed by atoms with van der Waals surface area (Å²) in [5.74, 6) is -0.711. The number of carbonyl (C=O) groups excluding carboxylic acids is 2. The van der Waals surface area contributed by atoms with Crippen LogP contribution in [0.1, 0.15) is 56.0 Å². The summed E-state index contributed by atoms with van der Waals surface area (Å²) in [6.07, 6.45) is -0.868. The summed E-state index contributed by atoms with van der Waals surface area (Å²) < 4.78 is 38.8. The van der Waals surface area contributed by atoms with Crippen LogP contribution in [0.2, 0.25) is 6.82 Å². The Morgan fingerprint density at radius 1 is 1.23 bits per heavy atom. The quantitative estimate of drug-likeness (QED) is 0.267. The Hall–Kier alpha value is -3.12. The lowest BCUT2D eigenvalue weighted by atomic mass is 9.87. The van der Waals surface area contributed by atoms with Crippen LogP contribution in [0.25, 0.3) is 11.3 Å². The van der Waals surface area contributed by atoms with E-state index >= 15 is 0 Å². The number of halogens is 3. The molecule has 2 aromatic heterocycles. The van der Waals surface area contributed by atoms with Gasteiger partial charge in [-0.15, -0.1) is 11.3 Å². The number of benzene rings is 1. The van der Waals surface area contributed by atoms with Crippen LogP contribution in [0.4, 0.5) is 18.3 Å². The molecule has 2 atom stereocenters. The fraction of sp³-hybridized carbons (Fsp3) is 0.444. The number of aryl methyl sites for hydroxylation is 1. The highest BCUT2D eigenvalue weighted by molar-refractivity contribution is 7.14. The predicted octanol–water partition coefficient (Wildman–Crippen LogP) is 5.93. The van der Waals surface area contributed by atoms with Crippen molar-refractivity contribution in [2.75, 3.05) is 11.9 Å². The van der Waals surface area contributed by atoms with E-state index in [1.807, 2.05) is 57.7 Å². The molecule has 2 heterocycles. The van der Waals surface area contributed by atoms with Crippen LogP contribution in [0, 0.1) is 12.8 Å². The van der Waals surface area contributed by atoms with Crippen molar-refractivity contribution in [3.63, 3.8) is 0 Å². The minimum atomic E-state index is -4.51. The predicted molar refractivity (Wildman–Crippen MR) is 150 cm³/mol. The highest BCUT2D eigenvalue weighted by Gasteiger charge is 2.52. The molecule has 39 heavy (non-hydrogen) atoms. The molecule has 0 saturated heterocycles. The van der Waals surface area contributed by atoms with E-state index in [2.05, 4.69) is 15.6 Å². The number of hydrogen-bond acceptors (Lipinski definition) is 5. The van der Waals surface area contributed by atoms with Crippen LogP contribution < -0.4 is 10.6 Å². The molecule has 0 bridgehead atoms. The molecule has 211 valence electrons. The highest BCUT2D eigenvalue weighted by atomic mass is 32.1. The molecule has 0 saturated carbocycles. The van der Waals surface area contributed by atoms with Crippen LogP contribution in [0.15, 0.2) is 48.1 Å². The number of hydrogen-bond donors (Lipinski definition) is 3. The van der Waals surface area contributed by atoms with Crippen LogP contribution in [0.3, 0.4) is 0 Å². The molecule has 7 nitrogen and oxygen atoms in total. The average Bonchev–Trinajstić information content (AvgIpc) is 3.57. The van der Waals surface area contributed by atoms with E-state index in [1.54, 1.807) is 29.9 Å². The van der Waals surface area contributed by atoms with Crippen molar-refractivity contribution in [1.29, 1.82) is 0 Å². The van der Waals surface area contributed by atoms with Gasteiger partial charge in [0.1, 0.15) is 0 Å². The van der Waals surface area contributed by atoms with Crippen LogP contribution in [0.5, 0.6) is 0 Å². The lowest BCUT2D eigenvalue weighted by Crippen LogP contribution is -2.45. The second kappa shape index (κ2) is 14.3. The zero-order valence-electron chi connectivity index (χ0n) is 22.8. The van der Waals surface area contributed by atoms with E-state index in [-0.39, 0.29) is 37.1 Å². The first-order chi connectivity index (χ1) is 18.3. The zero-order chi connectivity index (χ0) is 29.2. The number of aromatic nitrogens is 2. The summed E-state index contributed by atoms with van der Waals surface area (Å²) in [5, 5.41) is 17.0. The van der Waals surface area contributed by atoms with Crippen molar-refractivity contribution in [1.82, 2.24) is 14.8 Å². The molecule has 3 rings (SSSR count). The van der Waals surface area contributed by atoms with E-state index in [9.17, 15) is 27.9 Å². The van der Waals surface area contributed by atoms with Gasteiger partial charge in [-0.2, -0.15) is 13.2 Å². The standard InChI is InChI=1S/C18H18BN4O2S.C9H17F3O/c1-12-4-3-5-13(8-12)15-11-26-18(21-15)22-16(24)9-20-17(25)14-6-7-23(10-14)19-2;1-4-7(3)6-8(13,5-2)9(10,11)12/h3-8,10-11H,9H2,1-2H3,(H,20,25)(H,21,22,24);7,13H,4-6H2,1-3H3. The van der Waals surface area contributed by atoms with Crippen molar-refractivity contribution >= 4 is 35.7 Å². The third-order valence-electron chi connectivity index (χ3n) is 6.24. The Bertz CT molecular complexity index is 1230. The topological polar surface area (TPSA) is 96.3 Å². The maximum Gasteiger partial charge on any atom is 0.417 e. The highest BCUT2D eigenvalue weighted by Crippen LogP contribution is 2.38. The third-order valence-corrected chi connectivity index (χ3v) is 7.00. The normalized spacial score (nSPS) is 13.5. The minimum absolute atomic E-state index is 0.105. The van der Waals surface area contributed by atoms with E-state index in [0.29, 0.717) is 17.1 Å². The van der Waals surface area contributed by atoms with Gasteiger partial charge in [0, 0.05) is 17.1 Å². The number of aliphatic hydroxyl groups is 1. The number of rotatable bonds is 10. The number of carbonyl (C=O) groups is 2. The first-order valence-electron chi connectivity index (χ1n) is 12.7. The Morgan fingerprint density at radius 2 is 1.95 bits per heavy atom. The fourth-order valence-corrected chi connectivity index (χ4v) is 4.32. The molecule has 3 N–H and O–H groups in total. The van der Waals surface area contributed by atoms with Gasteiger partial charge in [0.15, 0.2) is 10.7 Å². The van der Waals surface area contributed by atoms with Gasteiger partial charge in [0.25, 0.3) is 5.91 Å². The molecule has 0 fully saturated rings. The molecule has 0 aliphatic carbocycles. The number of anilines is 1. The molecular formula is C27H35BF3N4O3S. The summed E-state index contributed by atoms with van der Waals surface area (Å²) in [6.45, 7) is 8.67. The van der Waals surface area contributed by atoms with Gasteiger partial charge in [-0.25, -0.2) is 4.98 Å². The van der Waals surface area contributed by atoms with Gasteiger partial charge in [-0.05, 0) is 44.0 Å². The van der Waals surface area contributed by atoms with Crippen LogP contribution >= 0.6 is 11.3 Å². The fourth-order valence-electron chi connectivity index (χ4n) is 3.58. The second-order valence-corrected chi connectivity index (χ2v) is 10.2. The lowest BCUT2D eigenvalue weighted by Gasteiger charge is -2.31. The largest absolute Gasteiger partial charge is 0.417 e. The lowest BCUT2D eigenvalue weighted by molar-refractivity contribution is -0.266. The first-order valence-corrected chi connectivity index (χ1v) is 13.6. The molecule has 1 radical (unpaired) electrons. The molecule has 12 heteroatoms. The zero-order valence-corrected chi connectivity index (χ0v) is 23.6. The molecule has 2 amide bonds. The number of alkyl halides is 3. The molecule has 1 aromatic carbocycles. The van der Waals surface area contributed by atoms with E-state index in [4.69, 9.17) is 0 Å². The summed E-state index contributed by atoms with van der Waals surface area (Å²) >= 11 is 1.35. The molecule has 3 aromatic rings. The van der Waals surface area contributed by atoms with Gasteiger partial charge >= 0.3 is 6.18 Å². The van der Waals surface area contributed by atoms with Gasteiger partial charge in [0.05, 0.1) is 17.8 Å². The van der Waals surface area contributed by atoms with Gasteiger partial charge in [-0.3, -0.25) is 9.59 Å². The summed E-state index contributed by atoms with van der Waals surface area (Å²) in [4.78, 5) is 28.5. The van der Waals surface area contributed by atoms with E-state index in [1.165, 1.54) is 18.3 Å². The number of thiazole rings is 1. The van der Waals surface area contributed by atoms with Crippen molar-refractivity contribution in [3.8, 4) is 11.3 Å². The maximum atomic E-state index is 12.4. The van der Waals surface area contributed by atoms with Gasteiger partial charge in [0.2, 0.25) is 13.3 Å². The van der Waals surface area contributed by atoms with Gasteiger partial charge in [-0.1, -0.05) is 57.8 Å². The molecule has 0 spiro atoms. The number of amides is 2. The summed E-state index contributed by atoms with van der Waals surface area (Å²) in [7, 11) is 1.83. The monoisotopic (exact) mass is 563 g/mol. The smallest absolute Gasteiger partial charge is 0.402 e. The SMILES string of the molecule is CCC(C)CC(O)(CC)C(F)(F)F.C[B]n1ccc(C(=O)NCC(=O)Nc2nc(-c3cccc(C)c3)cs2)c1. The number of nitrogens with zero attached hydrogens (tertiary/aromatic N) is 2. The maximum absolute atomic E-state index is 12.4. The van der Waals surface area contributed by atoms with E-state index < -0.39 is 11.8 Å². The van der Waals surface area contributed by atoms with Crippen molar-refractivity contribution < 1.29 is 27.9 Å². The third kappa shape index (κ3) is 9.54. The van der Waals surface area contributed by atoms with Crippen LogP contribution in [-0.2, 0) is 4.79 Å². The van der Waals surface area contributed by atoms with Crippen LogP contribution in [-0.4, -0.2) is 52.1 Å². The second-order valence-electron chi connectivity index (χ2n) is 9.34. The Morgan fingerprint density at radius 3 is 2.51 bits per heavy atom. The Kier molecular flexibility index (Phi) is 11.8. The van der Waals surface area contributed by atoms with E-state index in [0.717, 1.165) is 16.8 Å². The van der Waals surface area contributed by atoms with Crippen molar-refractivity contribution in [2.24, 2.45) is 5.92 Å². The van der Waals surface area contributed by atoms with Crippen molar-refractivity contribution in [2.45, 2.75) is 65.6 Å². The Balaban J connectivity index is 0.000000349. The summed E-state index contributed by atoms with van der Waals surface area (Å²) in [5.41, 5.74) is 0.982. The van der Waals surface area contributed by atoms with Crippen molar-refractivity contribution in [3.05, 3.63) is 59.2 Å². The average molecular weight is 563 g/mol. The molecular weight excluding hydrogens is 528 g/mol. The minimum Gasteiger partial charge on any atom is -0.402 e. The molecule has 0 aliphatic heterocycles. The molecule has 0 aliphatic rings. The molecule has 2 unspecified atom stereocenters.